The first-order valence-corrected chi connectivity index (χ1v) is 8.21. The molecule has 7 heteroatoms. The minimum absolute atomic E-state index is 0.0360. The first-order valence-electron chi connectivity index (χ1n) is 8.21. The zero-order valence-electron chi connectivity index (χ0n) is 14.2. The minimum atomic E-state index is -1.01. The Hall–Kier alpha value is -3.61. The number of hydrogen-bond donors (Lipinski definition) is 1. The third kappa shape index (κ3) is 3.03. The second kappa shape index (κ2) is 6.28. The van der Waals surface area contributed by atoms with Crippen LogP contribution < -0.4 is 10.4 Å². The normalized spacial score (nSPS) is 15.9. The van der Waals surface area contributed by atoms with Crippen molar-refractivity contribution in [3.63, 3.8) is 0 Å². The van der Waals surface area contributed by atoms with E-state index in [9.17, 15) is 14.4 Å². The first kappa shape index (κ1) is 16.8. The molecule has 0 amide bonds. The lowest BCUT2D eigenvalue weighted by Gasteiger charge is -2.21. The quantitative estimate of drug-likeness (QED) is 0.708. The highest BCUT2D eigenvalue weighted by molar-refractivity contribution is 5.88. The van der Waals surface area contributed by atoms with Crippen molar-refractivity contribution in [1.82, 2.24) is 0 Å². The van der Waals surface area contributed by atoms with Gasteiger partial charge in [0.2, 0.25) is 0 Å². The summed E-state index contributed by atoms with van der Waals surface area (Å²) in [5.74, 6) is -0.604. The third-order valence-corrected chi connectivity index (χ3v) is 4.40. The van der Waals surface area contributed by atoms with Crippen LogP contribution in [-0.2, 0) is 4.79 Å². The molecule has 4 rings (SSSR count). The fourth-order valence-corrected chi connectivity index (χ4v) is 3.14. The number of aryl methyl sites for hydroxylation is 1. The van der Waals surface area contributed by atoms with Crippen LogP contribution in [0.15, 0.2) is 56.1 Å². The van der Waals surface area contributed by atoms with Crippen LogP contribution in [0.2, 0.25) is 0 Å². The van der Waals surface area contributed by atoms with E-state index in [0.717, 1.165) is 0 Å². The monoisotopic (exact) mass is 366 g/mol. The van der Waals surface area contributed by atoms with Gasteiger partial charge in [0, 0.05) is 11.6 Å². The van der Waals surface area contributed by atoms with Gasteiger partial charge < -0.3 is 18.7 Å². The standard InChI is InChI=1S/C20H14O7/c1-10-8-16-18(20(24)25-10)13(9-17(21)27-16)15-7-6-14(26-15)11-2-4-12(5-3-11)19(22)23/h2-8,13H,9H2,1H3,(H,22,23)/t13-/m1/s1. The van der Waals surface area contributed by atoms with Crippen LogP contribution in [0.5, 0.6) is 5.75 Å². The zero-order chi connectivity index (χ0) is 19.1. The van der Waals surface area contributed by atoms with Crippen molar-refractivity contribution in [2.24, 2.45) is 0 Å². The van der Waals surface area contributed by atoms with Crippen molar-refractivity contribution < 1.29 is 28.3 Å². The summed E-state index contributed by atoms with van der Waals surface area (Å²) in [5, 5.41) is 8.98. The molecule has 27 heavy (non-hydrogen) atoms. The maximum Gasteiger partial charge on any atom is 0.343 e. The van der Waals surface area contributed by atoms with E-state index >= 15 is 0 Å². The van der Waals surface area contributed by atoms with Crippen molar-refractivity contribution in [2.75, 3.05) is 0 Å². The number of benzene rings is 1. The highest BCUT2D eigenvalue weighted by Gasteiger charge is 2.34. The molecule has 136 valence electrons. The number of furan rings is 1. The molecule has 2 aromatic heterocycles. The Labute approximate surface area is 152 Å². The molecule has 3 heterocycles. The highest BCUT2D eigenvalue weighted by atomic mass is 16.5. The number of carbonyl (C=O) groups is 2. The summed E-state index contributed by atoms with van der Waals surface area (Å²) in [6.07, 6.45) is -0.0360. The van der Waals surface area contributed by atoms with Gasteiger partial charge in [0.05, 0.1) is 23.5 Å². The molecule has 0 saturated heterocycles. The molecule has 1 N–H and O–H groups in total. The van der Waals surface area contributed by atoms with Crippen LogP contribution in [0, 0.1) is 6.92 Å². The Kier molecular flexibility index (Phi) is 3.92. The Morgan fingerprint density at radius 1 is 1.07 bits per heavy atom. The van der Waals surface area contributed by atoms with E-state index in [-0.39, 0.29) is 23.3 Å². The molecule has 3 aromatic rings. The minimum Gasteiger partial charge on any atom is -0.478 e. The van der Waals surface area contributed by atoms with Gasteiger partial charge in [0.25, 0.3) is 0 Å². The number of ether oxygens (including phenoxy) is 1. The lowest BCUT2D eigenvalue weighted by molar-refractivity contribution is -0.135. The first-order chi connectivity index (χ1) is 12.9. The van der Waals surface area contributed by atoms with Crippen molar-refractivity contribution in [3.8, 4) is 17.1 Å². The lowest BCUT2D eigenvalue weighted by atomic mass is 9.92. The Bertz CT molecular complexity index is 1100. The molecule has 1 aliphatic heterocycles. The number of rotatable bonds is 3. The summed E-state index contributed by atoms with van der Waals surface area (Å²) >= 11 is 0. The van der Waals surface area contributed by atoms with Gasteiger partial charge in [-0.1, -0.05) is 12.1 Å². The van der Waals surface area contributed by atoms with Crippen molar-refractivity contribution in [3.05, 3.63) is 75.5 Å². The maximum absolute atomic E-state index is 12.3. The zero-order valence-corrected chi connectivity index (χ0v) is 14.2. The lowest BCUT2D eigenvalue weighted by Crippen LogP contribution is -2.26. The molecule has 0 unspecified atom stereocenters. The second-order valence-corrected chi connectivity index (χ2v) is 6.24. The number of carboxylic acid groups (broad SMARTS) is 1. The molecule has 0 radical (unpaired) electrons. The largest absolute Gasteiger partial charge is 0.478 e. The fourth-order valence-electron chi connectivity index (χ4n) is 3.14. The van der Waals surface area contributed by atoms with Crippen LogP contribution >= 0.6 is 0 Å². The molecule has 1 aromatic carbocycles. The van der Waals surface area contributed by atoms with Gasteiger partial charge >= 0.3 is 17.6 Å². The van der Waals surface area contributed by atoms with Gasteiger partial charge in [-0.25, -0.2) is 9.59 Å². The van der Waals surface area contributed by atoms with E-state index < -0.39 is 23.5 Å². The molecule has 7 nitrogen and oxygen atoms in total. The van der Waals surface area contributed by atoms with Gasteiger partial charge in [-0.05, 0) is 31.2 Å². The molecule has 1 atom stereocenters. The molecule has 0 fully saturated rings. The summed E-state index contributed by atoms with van der Waals surface area (Å²) in [6, 6.07) is 11.1. The fraction of sp³-hybridized carbons (Fsp3) is 0.150. The molecular weight excluding hydrogens is 352 g/mol. The number of hydrogen-bond acceptors (Lipinski definition) is 6. The van der Waals surface area contributed by atoms with Crippen molar-refractivity contribution in [2.45, 2.75) is 19.3 Å². The van der Waals surface area contributed by atoms with Crippen molar-refractivity contribution in [1.29, 1.82) is 0 Å². The number of carbonyl (C=O) groups excluding carboxylic acids is 1. The number of carboxylic acids is 1. The summed E-state index contributed by atoms with van der Waals surface area (Å²) in [5.41, 5.74) is 0.539. The summed E-state index contributed by atoms with van der Waals surface area (Å²) in [4.78, 5) is 35.2. The van der Waals surface area contributed by atoms with Crippen LogP contribution in [0.1, 0.15) is 39.8 Å². The van der Waals surface area contributed by atoms with Gasteiger partial charge in [-0.15, -0.1) is 0 Å². The maximum atomic E-state index is 12.3. The van der Waals surface area contributed by atoms with Crippen LogP contribution in [0.25, 0.3) is 11.3 Å². The van der Waals surface area contributed by atoms with Crippen molar-refractivity contribution >= 4 is 11.9 Å². The molecule has 0 bridgehead atoms. The van der Waals surface area contributed by atoms with Gasteiger partial charge in [0.1, 0.15) is 23.0 Å². The molecule has 0 saturated carbocycles. The number of aromatic carboxylic acids is 1. The highest BCUT2D eigenvalue weighted by Crippen LogP contribution is 2.38. The van der Waals surface area contributed by atoms with Crippen LogP contribution in [0.4, 0.5) is 0 Å². The number of fused-ring (bicyclic) bond motifs is 1. The van der Waals surface area contributed by atoms with E-state index in [1.165, 1.54) is 18.2 Å². The molecule has 0 spiro atoms. The van der Waals surface area contributed by atoms with Gasteiger partial charge in [-0.2, -0.15) is 0 Å². The average molecular weight is 366 g/mol. The van der Waals surface area contributed by atoms with E-state index in [1.54, 1.807) is 31.2 Å². The van der Waals surface area contributed by atoms with Gasteiger partial charge in [-0.3, -0.25) is 4.79 Å². The summed E-state index contributed by atoms with van der Waals surface area (Å²) in [6.45, 7) is 1.60. The number of esters is 1. The van der Waals surface area contributed by atoms with E-state index in [4.69, 9.17) is 18.7 Å². The topological polar surface area (TPSA) is 107 Å². The van der Waals surface area contributed by atoms with Gasteiger partial charge in [0.15, 0.2) is 0 Å². The second-order valence-electron chi connectivity index (χ2n) is 6.24. The summed E-state index contributed by atoms with van der Waals surface area (Å²) in [7, 11) is 0. The van der Waals surface area contributed by atoms with E-state index in [2.05, 4.69) is 0 Å². The smallest absolute Gasteiger partial charge is 0.343 e. The van der Waals surface area contributed by atoms with Crippen LogP contribution in [0.3, 0.4) is 0 Å². The Balaban J connectivity index is 1.73. The predicted octanol–water partition coefficient (Wildman–Crippen LogP) is 3.35. The predicted molar refractivity (Wildman–Crippen MR) is 92.9 cm³/mol. The summed E-state index contributed by atoms with van der Waals surface area (Å²) < 4.78 is 16.2. The SMILES string of the molecule is Cc1cc2c(c(=O)o1)[C@@H](c1ccc(-c3ccc(C(=O)O)cc3)o1)CC(=O)O2. The van der Waals surface area contributed by atoms with E-state index in [1.807, 2.05) is 0 Å². The molecule has 0 aliphatic carbocycles. The average Bonchev–Trinajstić information content (AvgIpc) is 3.10. The molecule has 1 aliphatic rings. The van der Waals surface area contributed by atoms with E-state index in [0.29, 0.717) is 22.8 Å². The molecular formula is C20H14O7. The Morgan fingerprint density at radius 3 is 2.52 bits per heavy atom. The van der Waals surface area contributed by atoms with Crippen LogP contribution in [-0.4, -0.2) is 17.0 Å². The Morgan fingerprint density at radius 2 is 1.81 bits per heavy atom. The third-order valence-electron chi connectivity index (χ3n) is 4.40.